The van der Waals surface area contributed by atoms with Crippen molar-refractivity contribution in [3.8, 4) is 0 Å². The molecule has 39 heavy (non-hydrogen) atoms. The zero-order valence-corrected chi connectivity index (χ0v) is 23.7. The molecule has 1 aromatic carbocycles. The Labute approximate surface area is 233 Å². The first-order chi connectivity index (χ1) is 18.6. The summed E-state index contributed by atoms with van der Waals surface area (Å²) in [5, 5.41) is 16.3. The van der Waals surface area contributed by atoms with E-state index in [1.165, 1.54) is 20.5 Å². The topological polar surface area (TPSA) is 168 Å². The summed E-state index contributed by atoms with van der Waals surface area (Å²) in [6, 6.07) is 5.67. The second-order valence-corrected chi connectivity index (χ2v) is 13.6. The van der Waals surface area contributed by atoms with Crippen molar-refractivity contribution in [2.45, 2.75) is 43.1 Å². The van der Waals surface area contributed by atoms with Gasteiger partial charge in [0.15, 0.2) is 10.8 Å². The molecule has 208 valence electrons. The highest BCUT2D eigenvalue weighted by Crippen LogP contribution is 2.33. The lowest BCUT2D eigenvalue weighted by Crippen LogP contribution is -2.59. The van der Waals surface area contributed by atoms with Gasteiger partial charge in [-0.3, -0.25) is 4.79 Å². The molecule has 0 aliphatic carbocycles. The fourth-order valence-corrected chi connectivity index (χ4v) is 8.69. The van der Waals surface area contributed by atoms with Gasteiger partial charge < -0.3 is 25.9 Å². The monoisotopic (exact) mass is 592 g/mol. The van der Waals surface area contributed by atoms with Crippen LogP contribution in [0.25, 0.3) is 10.1 Å². The number of carbonyl (C=O) groups is 2. The van der Waals surface area contributed by atoms with Gasteiger partial charge in [0, 0.05) is 53.8 Å². The van der Waals surface area contributed by atoms with Crippen LogP contribution in [0.15, 0.2) is 33.6 Å². The second kappa shape index (κ2) is 10.8. The summed E-state index contributed by atoms with van der Waals surface area (Å²) in [5.74, 6) is -1.16. The van der Waals surface area contributed by atoms with Crippen molar-refractivity contribution >= 4 is 60.5 Å². The van der Waals surface area contributed by atoms with Crippen molar-refractivity contribution in [1.29, 1.82) is 0 Å². The van der Waals surface area contributed by atoms with Crippen LogP contribution in [-0.4, -0.2) is 83.9 Å². The Kier molecular flexibility index (Phi) is 7.61. The van der Waals surface area contributed by atoms with Crippen LogP contribution in [0.5, 0.6) is 0 Å². The van der Waals surface area contributed by atoms with Crippen LogP contribution in [0, 0.1) is 0 Å². The van der Waals surface area contributed by atoms with Crippen LogP contribution in [-0.2, 0) is 32.5 Å². The first-order valence-corrected chi connectivity index (χ1v) is 15.4. The van der Waals surface area contributed by atoms with E-state index in [4.69, 9.17) is 15.7 Å². The molecule has 0 radical (unpaired) electrons. The number of thiazole rings is 1. The van der Waals surface area contributed by atoms with Crippen molar-refractivity contribution in [1.82, 2.24) is 19.5 Å². The first kappa shape index (κ1) is 27.5. The van der Waals surface area contributed by atoms with E-state index < -0.39 is 27.9 Å². The summed E-state index contributed by atoms with van der Waals surface area (Å²) in [4.78, 5) is 33.4. The van der Waals surface area contributed by atoms with Gasteiger partial charge in [0.2, 0.25) is 0 Å². The van der Waals surface area contributed by atoms with Crippen molar-refractivity contribution in [3.63, 3.8) is 0 Å². The number of piperazine rings is 1. The van der Waals surface area contributed by atoms with Crippen LogP contribution in [0.2, 0.25) is 0 Å². The largest absolute Gasteiger partial charge is 0.464 e. The smallest absolute Gasteiger partial charge is 0.330 e. The van der Waals surface area contributed by atoms with E-state index >= 15 is 0 Å². The van der Waals surface area contributed by atoms with E-state index in [0.717, 1.165) is 21.9 Å². The van der Waals surface area contributed by atoms with Gasteiger partial charge in [0.25, 0.3) is 15.9 Å². The van der Waals surface area contributed by atoms with Crippen molar-refractivity contribution in [3.05, 3.63) is 45.4 Å². The van der Waals surface area contributed by atoms with Crippen molar-refractivity contribution in [2.24, 2.45) is 10.9 Å². The molecule has 2 aromatic heterocycles. The Bertz CT molecular complexity index is 1570. The maximum Gasteiger partial charge on any atom is 0.330 e. The van der Waals surface area contributed by atoms with Crippen LogP contribution < -0.4 is 11.1 Å². The number of aromatic nitrogens is 1. The lowest BCUT2D eigenvalue weighted by Gasteiger charge is -2.38. The Morgan fingerprint density at radius 2 is 2.08 bits per heavy atom. The number of oxime groups is 1. The maximum absolute atomic E-state index is 13.6. The third kappa shape index (κ3) is 5.24. The minimum atomic E-state index is -3.99. The molecular formula is C24H28N6O6S3. The van der Waals surface area contributed by atoms with Crippen molar-refractivity contribution in [2.75, 3.05) is 26.2 Å². The zero-order valence-electron chi connectivity index (χ0n) is 21.3. The average molecular weight is 593 g/mol. The molecule has 5 rings (SSSR count). The minimum absolute atomic E-state index is 0.0112. The van der Waals surface area contributed by atoms with Gasteiger partial charge in [-0.15, -0.1) is 22.7 Å². The molecule has 2 aliphatic rings. The van der Waals surface area contributed by atoms with E-state index in [9.17, 15) is 18.0 Å². The molecule has 2 unspecified atom stereocenters. The van der Waals surface area contributed by atoms with Gasteiger partial charge in [-0.05, 0) is 31.4 Å². The number of amidine groups is 1. The summed E-state index contributed by atoms with van der Waals surface area (Å²) in [5.41, 5.74) is 7.01. The Morgan fingerprint density at radius 1 is 1.28 bits per heavy atom. The number of rotatable bonds is 6. The number of nitrogens with two attached hydrogens (primary N) is 1. The van der Waals surface area contributed by atoms with Gasteiger partial charge in [-0.25, -0.2) is 18.2 Å². The Hall–Kier alpha value is -3.11. The number of thiophene rings is 1. The number of esters is 1. The molecule has 0 spiro atoms. The van der Waals surface area contributed by atoms with Gasteiger partial charge >= 0.3 is 5.97 Å². The Balaban J connectivity index is 1.41. The number of ether oxygens (including phenoxy) is 1. The number of nitrogens with zero attached hydrogens (tertiary/aromatic N) is 4. The van der Waals surface area contributed by atoms with Gasteiger partial charge in [-0.1, -0.05) is 17.3 Å². The highest BCUT2D eigenvalue weighted by atomic mass is 32.2. The number of hydrogen-bond acceptors (Lipinski definition) is 11. The van der Waals surface area contributed by atoms with Crippen LogP contribution in [0.3, 0.4) is 0 Å². The third-order valence-electron chi connectivity index (χ3n) is 6.73. The van der Waals surface area contributed by atoms with Gasteiger partial charge in [-0.2, -0.15) is 4.31 Å². The number of benzene rings is 1. The number of carbonyl (C=O) groups excluding carboxylic acids is 2. The van der Waals surface area contributed by atoms with Gasteiger partial charge in [0.1, 0.15) is 10.3 Å². The predicted molar refractivity (Wildman–Crippen MR) is 147 cm³/mol. The quantitative estimate of drug-likeness (QED) is 0.127. The lowest BCUT2D eigenvalue weighted by atomic mass is 10.1. The normalized spacial score (nSPS) is 20.7. The number of nitrogens with one attached hydrogen (secondary N) is 1. The summed E-state index contributed by atoms with van der Waals surface area (Å²) in [6.45, 7) is 4.22. The van der Waals surface area contributed by atoms with E-state index in [1.807, 2.05) is 0 Å². The van der Waals surface area contributed by atoms with Crippen LogP contribution in [0.1, 0.15) is 39.8 Å². The summed E-state index contributed by atoms with van der Waals surface area (Å²) in [6.07, 6.45) is 0.711. The summed E-state index contributed by atoms with van der Waals surface area (Å²) >= 11 is 2.34. The van der Waals surface area contributed by atoms with Crippen LogP contribution >= 0.6 is 22.7 Å². The standard InChI is InChI=1S/C24H28N6O6S3/c1-3-36-24(32)17-12-29(6-7-30(17)23(31)22-27-16-8-13(2)26-11-19(16)38-22)39(34,35)20-10-14-4-5-15(21(25)28-33)9-18(14)37-20/h4-5,9-10,13,17,26,33H,3,6-8,11-12H2,1-2H3,(H2,25,28). The lowest BCUT2D eigenvalue weighted by molar-refractivity contribution is -0.149. The number of amides is 1. The molecule has 12 nitrogen and oxygen atoms in total. The van der Waals surface area contributed by atoms with E-state index in [1.54, 1.807) is 31.2 Å². The maximum atomic E-state index is 13.6. The minimum Gasteiger partial charge on any atom is -0.464 e. The molecule has 1 amide bonds. The second-order valence-electron chi connectivity index (χ2n) is 9.31. The number of hydrogen-bond donors (Lipinski definition) is 3. The van der Waals surface area contributed by atoms with Gasteiger partial charge in [0.05, 0.1) is 12.3 Å². The summed E-state index contributed by atoms with van der Waals surface area (Å²) in [7, 11) is -3.99. The van der Waals surface area contributed by atoms with E-state index in [-0.39, 0.29) is 47.3 Å². The fraction of sp³-hybridized carbons (Fsp3) is 0.417. The van der Waals surface area contributed by atoms with Crippen molar-refractivity contribution < 1.29 is 28.0 Å². The SMILES string of the molecule is CCOC(=O)C1CN(S(=O)(=O)c2cc3ccc(C(N)=NO)cc3s2)CCN1C(=O)c1nc2c(s1)CNC(C)C2. The summed E-state index contributed by atoms with van der Waals surface area (Å²) < 4.78 is 34.5. The molecule has 2 aliphatic heterocycles. The molecule has 15 heteroatoms. The zero-order chi connectivity index (χ0) is 27.9. The number of fused-ring (bicyclic) bond motifs is 2. The molecular weight excluding hydrogens is 565 g/mol. The van der Waals surface area contributed by atoms with E-state index in [0.29, 0.717) is 28.6 Å². The molecule has 0 bridgehead atoms. The first-order valence-electron chi connectivity index (χ1n) is 12.3. The Morgan fingerprint density at radius 3 is 2.82 bits per heavy atom. The molecule has 1 saturated heterocycles. The number of sulfonamides is 1. The molecule has 4 heterocycles. The van der Waals surface area contributed by atoms with E-state index in [2.05, 4.69) is 22.4 Å². The molecule has 2 atom stereocenters. The third-order valence-corrected chi connectivity index (χ3v) is 11.2. The highest BCUT2D eigenvalue weighted by molar-refractivity contribution is 7.91. The molecule has 3 aromatic rings. The molecule has 0 saturated carbocycles. The predicted octanol–water partition coefficient (Wildman–Crippen LogP) is 1.56. The van der Waals surface area contributed by atoms with Crippen LogP contribution in [0.4, 0.5) is 0 Å². The molecule has 1 fully saturated rings. The average Bonchev–Trinajstić information content (AvgIpc) is 3.56. The molecule has 4 N–H and O–H groups in total. The highest BCUT2D eigenvalue weighted by Gasteiger charge is 2.42. The fourth-order valence-electron chi connectivity index (χ4n) is 4.66.